The van der Waals surface area contributed by atoms with E-state index in [0.717, 1.165) is 30.5 Å². The van der Waals surface area contributed by atoms with Crippen LogP contribution in [-0.4, -0.2) is 50.7 Å². The molecule has 0 aliphatic carbocycles. The van der Waals surface area contributed by atoms with Gasteiger partial charge >= 0.3 is 6.03 Å². The highest BCUT2D eigenvalue weighted by Crippen LogP contribution is 2.30. The highest BCUT2D eigenvalue weighted by atomic mass is 35.5. The number of amides is 2. The molecule has 126 valence electrons. The number of sulfonamides is 1. The summed E-state index contributed by atoms with van der Waals surface area (Å²) in [6.07, 6.45) is 3.53. The monoisotopic (exact) mass is 357 g/mol. The summed E-state index contributed by atoms with van der Waals surface area (Å²) in [5, 5.41) is 3.63. The fourth-order valence-corrected chi connectivity index (χ4v) is 4.30. The molecule has 1 saturated heterocycles. The van der Waals surface area contributed by atoms with E-state index < -0.39 is 10.0 Å². The summed E-state index contributed by atoms with van der Waals surface area (Å²) in [6, 6.07) is 5.19. The number of carbonyl (C=O) groups excluding carboxylic acids is 1. The fraction of sp³-hybridized carbons (Fsp3) is 0.533. The van der Waals surface area contributed by atoms with E-state index in [2.05, 4.69) is 5.32 Å². The number of hydrogen-bond donors (Lipinski definition) is 1. The molecule has 0 radical (unpaired) electrons. The minimum absolute atomic E-state index is 0.151. The third-order valence-electron chi connectivity index (χ3n) is 4.36. The van der Waals surface area contributed by atoms with Crippen molar-refractivity contribution in [3.8, 4) is 0 Å². The molecule has 1 unspecified atom stereocenters. The first kappa shape index (κ1) is 16.5. The number of fused-ring (bicyclic) bond motifs is 1. The molecule has 1 aromatic carbocycles. The summed E-state index contributed by atoms with van der Waals surface area (Å²) < 4.78 is 24.7. The Morgan fingerprint density at radius 2 is 2.13 bits per heavy atom. The first-order valence-corrected chi connectivity index (χ1v) is 9.89. The molecular formula is C15H20ClN3O3S. The van der Waals surface area contributed by atoms with E-state index in [1.165, 1.54) is 10.6 Å². The van der Waals surface area contributed by atoms with Gasteiger partial charge in [-0.25, -0.2) is 17.5 Å². The van der Waals surface area contributed by atoms with E-state index in [-0.39, 0.29) is 12.1 Å². The lowest BCUT2D eigenvalue weighted by Gasteiger charge is -2.32. The molecule has 0 aromatic heterocycles. The van der Waals surface area contributed by atoms with Gasteiger partial charge in [-0.3, -0.25) is 4.90 Å². The van der Waals surface area contributed by atoms with Crippen molar-refractivity contribution in [1.29, 1.82) is 0 Å². The molecular weight excluding hydrogens is 338 g/mol. The predicted molar refractivity (Wildman–Crippen MR) is 90.5 cm³/mol. The van der Waals surface area contributed by atoms with Crippen LogP contribution in [0.15, 0.2) is 18.2 Å². The number of halogens is 1. The van der Waals surface area contributed by atoms with Crippen LogP contribution in [0, 0.1) is 0 Å². The third kappa shape index (κ3) is 3.62. The Hall–Kier alpha value is -1.31. The van der Waals surface area contributed by atoms with Gasteiger partial charge in [0, 0.05) is 36.4 Å². The summed E-state index contributed by atoms with van der Waals surface area (Å²) >= 11 is 5.98. The topological polar surface area (TPSA) is 69.7 Å². The van der Waals surface area contributed by atoms with Gasteiger partial charge in [0.1, 0.15) is 0 Å². The summed E-state index contributed by atoms with van der Waals surface area (Å²) in [5.41, 5.74) is 1.94. The zero-order chi connectivity index (χ0) is 16.6. The fourth-order valence-electron chi connectivity index (χ4n) is 3.20. The van der Waals surface area contributed by atoms with E-state index in [4.69, 9.17) is 11.6 Å². The number of benzene rings is 1. The van der Waals surface area contributed by atoms with Gasteiger partial charge in [-0.2, -0.15) is 0 Å². The van der Waals surface area contributed by atoms with Crippen LogP contribution in [0.4, 0.5) is 10.5 Å². The standard InChI is InChI=1S/C15H20ClN3O3S/c1-23(21,22)18-7-2-3-13(10-18)17-15(20)19-8-6-11-9-12(16)4-5-14(11)19/h4-5,9,13H,2-3,6-8,10H2,1H3,(H,17,20). The largest absolute Gasteiger partial charge is 0.334 e. The summed E-state index contributed by atoms with van der Waals surface area (Å²) in [5.74, 6) is 0. The minimum Gasteiger partial charge on any atom is -0.334 e. The van der Waals surface area contributed by atoms with Crippen LogP contribution >= 0.6 is 11.6 Å². The van der Waals surface area contributed by atoms with E-state index in [1.54, 1.807) is 11.0 Å². The van der Waals surface area contributed by atoms with Gasteiger partial charge in [-0.15, -0.1) is 0 Å². The Morgan fingerprint density at radius 1 is 1.35 bits per heavy atom. The quantitative estimate of drug-likeness (QED) is 0.878. The van der Waals surface area contributed by atoms with Gasteiger partial charge in [0.15, 0.2) is 0 Å². The Bertz CT molecular complexity index is 723. The molecule has 8 heteroatoms. The Labute approximate surface area is 141 Å². The maximum absolute atomic E-state index is 12.5. The number of piperidine rings is 1. The Balaban J connectivity index is 1.67. The smallest absolute Gasteiger partial charge is 0.322 e. The van der Waals surface area contributed by atoms with E-state index >= 15 is 0 Å². The van der Waals surface area contributed by atoms with Gasteiger partial charge in [0.05, 0.1) is 6.26 Å². The number of rotatable bonds is 2. The van der Waals surface area contributed by atoms with E-state index in [1.807, 2.05) is 12.1 Å². The number of nitrogens with one attached hydrogen (secondary N) is 1. The van der Waals surface area contributed by atoms with Gasteiger partial charge in [-0.05, 0) is 43.0 Å². The molecule has 2 aliphatic heterocycles. The highest BCUT2D eigenvalue weighted by Gasteiger charge is 2.30. The second-order valence-corrected chi connectivity index (χ2v) is 8.50. The molecule has 2 aliphatic rings. The first-order valence-electron chi connectivity index (χ1n) is 7.66. The molecule has 6 nitrogen and oxygen atoms in total. The van der Waals surface area contributed by atoms with Gasteiger partial charge in [-0.1, -0.05) is 11.6 Å². The third-order valence-corrected chi connectivity index (χ3v) is 5.87. The molecule has 3 rings (SSSR count). The lowest BCUT2D eigenvalue weighted by Crippen LogP contribution is -2.52. The summed E-state index contributed by atoms with van der Waals surface area (Å²) in [6.45, 7) is 1.48. The average molecular weight is 358 g/mol. The number of nitrogens with zero attached hydrogens (tertiary/aromatic N) is 2. The first-order chi connectivity index (χ1) is 10.8. The van der Waals surface area contributed by atoms with Crippen molar-refractivity contribution < 1.29 is 13.2 Å². The summed E-state index contributed by atoms with van der Waals surface area (Å²) in [4.78, 5) is 14.2. The average Bonchev–Trinajstić information content (AvgIpc) is 2.89. The van der Waals surface area contributed by atoms with Crippen molar-refractivity contribution in [2.75, 3.05) is 30.8 Å². The molecule has 2 amide bonds. The molecule has 23 heavy (non-hydrogen) atoms. The molecule has 0 spiro atoms. The summed E-state index contributed by atoms with van der Waals surface area (Å²) in [7, 11) is -3.21. The van der Waals surface area contributed by atoms with E-state index in [0.29, 0.717) is 24.7 Å². The van der Waals surface area contributed by atoms with Crippen molar-refractivity contribution in [1.82, 2.24) is 9.62 Å². The normalized spacial score (nSPS) is 22.0. The van der Waals surface area contributed by atoms with Crippen LogP contribution in [-0.2, 0) is 16.4 Å². The zero-order valence-corrected chi connectivity index (χ0v) is 14.5. The predicted octanol–water partition coefficient (Wildman–Crippen LogP) is 1.84. The van der Waals surface area contributed by atoms with Crippen LogP contribution in [0.2, 0.25) is 5.02 Å². The maximum atomic E-state index is 12.5. The van der Waals surface area contributed by atoms with Gasteiger partial charge in [0.25, 0.3) is 0 Å². The molecule has 0 bridgehead atoms. The Morgan fingerprint density at radius 3 is 2.87 bits per heavy atom. The van der Waals surface area contributed by atoms with Crippen LogP contribution in [0.1, 0.15) is 18.4 Å². The van der Waals surface area contributed by atoms with Crippen LogP contribution in [0.5, 0.6) is 0 Å². The van der Waals surface area contributed by atoms with Crippen LogP contribution in [0.25, 0.3) is 0 Å². The van der Waals surface area contributed by atoms with Crippen molar-refractivity contribution in [3.05, 3.63) is 28.8 Å². The molecule has 1 atom stereocenters. The van der Waals surface area contributed by atoms with Crippen molar-refractivity contribution in [3.63, 3.8) is 0 Å². The molecule has 1 aromatic rings. The number of anilines is 1. The van der Waals surface area contributed by atoms with Gasteiger partial charge < -0.3 is 5.32 Å². The van der Waals surface area contributed by atoms with Gasteiger partial charge in [0.2, 0.25) is 10.0 Å². The minimum atomic E-state index is -3.21. The van der Waals surface area contributed by atoms with Crippen LogP contribution < -0.4 is 10.2 Å². The molecule has 1 fully saturated rings. The molecule has 0 saturated carbocycles. The molecule has 1 N–H and O–H groups in total. The second kappa shape index (κ2) is 6.30. The second-order valence-electron chi connectivity index (χ2n) is 6.08. The zero-order valence-electron chi connectivity index (χ0n) is 13.0. The van der Waals surface area contributed by atoms with Crippen molar-refractivity contribution in [2.45, 2.75) is 25.3 Å². The van der Waals surface area contributed by atoms with Crippen molar-refractivity contribution >= 4 is 33.3 Å². The maximum Gasteiger partial charge on any atom is 0.322 e. The number of hydrogen-bond acceptors (Lipinski definition) is 3. The van der Waals surface area contributed by atoms with E-state index in [9.17, 15) is 13.2 Å². The molecule has 2 heterocycles. The number of carbonyl (C=O) groups is 1. The number of urea groups is 1. The lowest BCUT2D eigenvalue weighted by molar-refractivity contribution is 0.231. The highest BCUT2D eigenvalue weighted by molar-refractivity contribution is 7.88. The Kier molecular flexibility index (Phi) is 4.53. The lowest BCUT2D eigenvalue weighted by atomic mass is 10.1. The van der Waals surface area contributed by atoms with Crippen molar-refractivity contribution in [2.24, 2.45) is 0 Å². The van der Waals surface area contributed by atoms with Crippen LogP contribution in [0.3, 0.4) is 0 Å². The SMILES string of the molecule is CS(=O)(=O)N1CCCC(NC(=O)N2CCc3cc(Cl)ccc32)C1.